The van der Waals surface area contributed by atoms with E-state index in [-0.39, 0.29) is 17.6 Å². The monoisotopic (exact) mass is 225 g/mol. The van der Waals surface area contributed by atoms with Crippen LogP contribution in [0.4, 0.5) is 0 Å². The van der Waals surface area contributed by atoms with Gasteiger partial charge in [0.05, 0.1) is 7.11 Å². The highest BCUT2D eigenvalue weighted by molar-refractivity contribution is 5.91. The molecule has 0 saturated heterocycles. The van der Waals surface area contributed by atoms with Crippen LogP contribution in [0.3, 0.4) is 0 Å². The lowest BCUT2D eigenvalue weighted by Gasteiger charge is -2.02. The Bertz CT molecular complexity index is 370. The molecule has 1 aromatic rings. The molecule has 0 unspecified atom stereocenters. The fourth-order valence-electron chi connectivity index (χ4n) is 1.18. The second kappa shape index (κ2) is 5.95. The molecule has 1 rings (SSSR count). The molecule has 0 fully saturated rings. The number of aryl methyl sites for hydroxylation is 1. The first-order valence-electron chi connectivity index (χ1n) is 5.05. The third-order valence-electron chi connectivity index (χ3n) is 2.04. The van der Waals surface area contributed by atoms with Crippen molar-refractivity contribution in [1.82, 2.24) is 5.32 Å². The van der Waals surface area contributed by atoms with Crippen molar-refractivity contribution >= 4 is 11.9 Å². The summed E-state index contributed by atoms with van der Waals surface area (Å²) in [5.41, 5.74) is 0. The Morgan fingerprint density at radius 3 is 2.75 bits per heavy atom. The Balaban J connectivity index is 2.23. The average Bonchev–Trinajstić information content (AvgIpc) is 2.70. The predicted octanol–water partition coefficient (Wildman–Crippen LogP) is 1.27. The van der Waals surface area contributed by atoms with Crippen molar-refractivity contribution in [2.24, 2.45) is 0 Å². The smallest absolute Gasteiger partial charge is 0.305 e. The number of hydrogen-bond donors (Lipinski definition) is 1. The van der Waals surface area contributed by atoms with Gasteiger partial charge in [-0.3, -0.25) is 9.59 Å². The topological polar surface area (TPSA) is 68.5 Å². The molecule has 0 radical (unpaired) electrons. The molecule has 16 heavy (non-hydrogen) atoms. The van der Waals surface area contributed by atoms with E-state index in [1.165, 1.54) is 7.11 Å². The fraction of sp³-hybridized carbons (Fsp3) is 0.455. The lowest BCUT2D eigenvalue weighted by Crippen LogP contribution is -2.24. The zero-order chi connectivity index (χ0) is 12.0. The van der Waals surface area contributed by atoms with E-state index in [2.05, 4.69) is 10.1 Å². The lowest BCUT2D eigenvalue weighted by molar-refractivity contribution is -0.140. The number of methoxy groups -OCH3 is 1. The van der Waals surface area contributed by atoms with Gasteiger partial charge in [0.1, 0.15) is 5.76 Å². The third kappa shape index (κ3) is 3.76. The number of nitrogens with one attached hydrogen (secondary N) is 1. The molecule has 0 aromatic carbocycles. The first-order valence-corrected chi connectivity index (χ1v) is 5.05. The third-order valence-corrected chi connectivity index (χ3v) is 2.04. The number of carbonyl (C=O) groups is 2. The fourth-order valence-corrected chi connectivity index (χ4v) is 1.18. The highest BCUT2D eigenvalue weighted by Gasteiger charge is 2.09. The maximum Gasteiger partial charge on any atom is 0.305 e. The van der Waals surface area contributed by atoms with Crippen LogP contribution >= 0.6 is 0 Å². The van der Waals surface area contributed by atoms with E-state index >= 15 is 0 Å². The summed E-state index contributed by atoms with van der Waals surface area (Å²) in [6.45, 7) is 2.20. The molecule has 0 saturated carbocycles. The van der Waals surface area contributed by atoms with Crippen LogP contribution < -0.4 is 5.32 Å². The van der Waals surface area contributed by atoms with Crippen LogP contribution in [-0.4, -0.2) is 25.5 Å². The summed E-state index contributed by atoms with van der Waals surface area (Å²) in [5.74, 6) is 0.441. The van der Waals surface area contributed by atoms with Crippen molar-refractivity contribution < 1.29 is 18.7 Å². The van der Waals surface area contributed by atoms with E-state index in [0.29, 0.717) is 25.1 Å². The second-order valence-electron chi connectivity index (χ2n) is 3.35. The number of carbonyl (C=O) groups excluding carboxylic acids is 2. The van der Waals surface area contributed by atoms with Crippen LogP contribution in [-0.2, 0) is 9.53 Å². The molecule has 1 amide bonds. The van der Waals surface area contributed by atoms with Crippen LogP contribution in [0.25, 0.3) is 0 Å². The molecule has 88 valence electrons. The van der Waals surface area contributed by atoms with Gasteiger partial charge in [-0.2, -0.15) is 0 Å². The van der Waals surface area contributed by atoms with Crippen LogP contribution in [0.5, 0.6) is 0 Å². The number of hydrogen-bond acceptors (Lipinski definition) is 4. The Hall–Kier alpha value is -1.78. The molecule has 0 bridgehead atoms. The van der Waals surface area contributed by atoms with Gasteiger partial charge in [-0.15, -0.1) is 0 Å². The molecule has 5 heteroatoms. The van der Waals surface area contributed by atoms with Gasteiger partial charge < -0.3 is 14.5 Å². The van der Waals surface area contributed by atoms with Crippen molar-refractivity contribution in [3.05, 3.63) is 23.7 Å². The molecule has 0 aliphatic rings. The Morgan fingerprint density at radius 1 is 1.44 bits per heavy atom. The molecule has 5 nitrogen and oxygen atoms in total. The van der Waals surface area contributed by atoms with Gasteiger partial charge in [-0.1, -0.05) is 0 Å². The van der Waals surface area contributed by atoms with Crippen molar-refractivity contribution in [2.75, 3.05) is 13.7 Å². The van der Waals surface area contributed by atoms with Crippen LogP contribution in [0, 0.1) is 6.92 Å². The minimum atomic E-state index is -0.275. The Labute approximate surface area is 93.8 Å². The zero-order valence-electron chi connectivity index (χ0n) is 9.41. The molecule has 1 aromatic heterocycles. The van der Waals surface area contributed by atoms with Gasteiger partial charge in [0.15, 0.2) is 5.76 Å². The van der Waals surface area contributed by atoms with E-state index in [9.17, 15) is 9.59 Å². The van der Waals surface area contributed by atoms with Crippen molar-refractivity contribution in [3.8, 4) is 0 Å². The maximum absolute atomic E-state index is 11.5. The molecule has 1 N–H and O–H groups in total. The van der Waals surface area contributed by atoms with Crippen molar-refractivity contribution in [2.45, 2.75) is 19.8 Å². The first kappa shape index (κ1) is 12.3. The van der Waals surface area contributed by atoms with Crippen LogP contribution in [0.2, 0.25) is 0 Å². The summed E-state index contributed by atoms with van der Waals surface area (Å²) >= 11 is 0. The lowest BCUT2D eigenvalue weighted by atomic mass is 10.3. The van der Waals surface area contributed by atoms with Crippen LogP contribution in [0.1, 0.15) is 29.2 Å². The van der Waals surface area contributed by atoms with Gasteiger partial charge in [0.25, 0.3) is 5.91 Å². The SMILES string of the molecule is COC(=O)CCCNC(=O)c1ccc(C)o1. The molecular weight excluding hydrogens is 210 g/mol. The van der Waals surface area contributed by atoms with Crippen LogP contribution in [0.15, 0.2) is 16.5 Å². The number of esters is 1. The second-order valence-corrected chi connectivity index (χ2v) is 3.35. The summed E-state index contributed by atoms with van der Waals surface area (Å²) in [6, 6.07) is 3.34. The zero-order valence-corrected chi connectivity index (χ0v) is 9.41. The summed E-state index contributed by atoms with van der Waals surface area (Å²) in [5, 5.41) is 2.65. The highest BCUT2D eigenvalue weighted by Crippen LogP contribution is 2.05. The minimum Gasteiger partial charge on any atom is -0.469 e. The predicted molar refractivity (Wildman–Crippen MR) is 57.0 cm³/mol. The van der Waals surface area contributed by atoms with Gasteiger partial charge >= 0.3 is 5.97 Å². The standard InChI is InChI=1S/C11H15NO4/c1-8-5-6-9(16-8)11(14)12-7-3-4-10(13)15-2/h5-6H,3-4,7H2,1-2H3,(H,12,14). The average molecular weight is 225 g/mol. The van der Waals surface area contributed by atoms with E-state index in [0.717, 1.165) is 0 Å². The largest absolute Gasteiger partial charge is 0.469 e. The van der Waals surface area contributed by atoms with Gasteiger partial charge in [-0.25, -0.2) is 0 Å². The number of ether oxygens (including phenoxy) is 1. The van der Waals surface area contributed by atoms with E-state index in [1.54, 1.807) is 19.1 Å². The normalized spacial score (nSPS) is 9.88. The summed E-state index contributed by atoms with van der Waals surface area (Å²) in [6.07, 6.45) is 0.853. The van der Waals surface area contributed by atoms with Crippen molar-refractivity contribution in [1.29, 1.82) is 0 Å². The van der Waals surface area contributed by atoms with Crippen molar-refractivity contribution in [3.63, 3.8) is 0 Å². The Morgan fingerprint density at radius 2 is 2.19 bits per heavy atom. The van der Waals surface area contributed by atoms with E-state index in [1.807, 2.05) is 0 Å². The van der Waals surface area contributed by atoms with Gasteiger partial charge in [-0.05, 0) is 25.5 Å². The molecule has 0 atom stereocenters. The highest BCUT2D eigenvalue weighted by atomic mass is 16.5. The molecule has 0 spiro atoms. The summed E-state index contributed by atoms with van der Waals surface area (Å²) < 4.78 is 9.62. The van der Waals surface area contributed by atoms with E-state index < -0.39 is 0 Å². The molecular formula is C11H15NO4. The summed E-state index contributed by atoms with van der Waals surface area (Å²) in [7, 11) is 1.34. The molecule has 0 aliphatic carbocycles. The first-order chi connectivity index (χ1) is 7.63. The number of amides is 1. The van der Waals surface area contributed by atoms with Gasteiger partial charge in [0, 0.05) is 13.0 Å². The number of rotatable bonds is 5. The maximum atomic E-state index is 11.5. The quantitative estimate of drug-likeness (QED) is 0.605. The van der Waals surface area contributed by atoms with Gasteiger partial charge in [0.2, 0.25) is 0 Å². The summed E-state index contributed by atoms with van der Waals surface area (Å²) in [4.78, 5) is 22.2. The molecule has 1 heterocycles. The minimum absolute atomic E-state index is 0.266. The van der Waals surface area contributed by atoms with E-state index in [4.69, 9.17) is 4.42 Å². The molecule has 0 aliphatic heterocycles. The Kier molecular flexibility index (Phi) is 4.57. The number of furan rings is 1.